The Hall–Kier alpha value is -3.28. The van der Waals surface area contributed by atoms with Crippen molar-refractivity contribution in [3.8, 4) is 5.69 Å². The van der Waals surface area contributed by atoms with Crippen molar-refractivity contribution >= 4 is 22.5 Å². The van der Waals surface area contributed by atoms with E-state index in [2.05, 4.69) is 15.3 Å². The van der Waals surface area contributed by atoms with Crippen LogP contribution in [-0.4, -0.2) is 14.5 Å². The standard InChI is InChI=1S/C20H16F2N4/c1-12-13(2)26(15-9-7-14(21)8-10-15)20-18(12)19(23-11-24-20)25-17-6-4-3-5-16(17)22/h3-11H,1-2H3,(H,23,24,25). The van der Waals surface area contributed by atoms with Gasteiger partial charge >= 0.3 is 0 Å². The molecule has 0 radical (unpaired) electrons. The van der Waals surface area contributed by atoms with E-state index in [1.807, 2.05) is 18.4 Å². The highest BCUT2D eigenvalue weighted by Crippen LogP contribution is 2.32. The number of halogens is 2. The molecule has 0 bridgehead atoms. The Kier molecular flexibility index (Phi) is 3.88. The van der Waals surface area contributed by atoms with Gasteiger partial charge in [0, 0.05) is 11.4 Å². The van der Waals surface area contributed by atoms with Crippen molar-refractivity contribution in [2.45, 2.75) is 13.8 Å². The van der Waals surface area contributed by atoms with Crippen LogP contribution >= 0.6 is 0 Å². The van der Waals surface area contributed by atoms with Crippen LogP contribution in [0.4, 0.5) is 20.3 Å². The fourth-order valence-corrected chi connectivity index (χ4v) is 3.09. The Labute approximate surface area is 149 Å². The molecule has 0 aliphatic rings. The molecule has 1 N–H and O–H groups in total. The van der Waals surface area contributed by atoms with E-state index in [9.17, 15) is 8.78 Å². The first-order chi connectivity index (χ1) is 12.6. The molecule has 4 aromatic rings. The van der Waals surface area contributed by atoms with Gasteiger partial charge in [-0.2, -0.15) is 0 Å². The number of aromatic nitrogens is 3. The molecule has 0 atom stereocenters. The summed E-state index contributed by atoms with van der Waals surface area (Å²) in [7, 11) is 0. The number of hydrogen-bond acceptors (Lipinski definition) is 3. The highest BCUT2D eigenvalue weighted by Gasteiger charge is 2.18. The Morgan fingerprint density at radius 1 is 0.923 bits per heavy atom. The number of benzene rings is 2. The second-order valence-corrected chi connectivity index (χ2v) is 6.05. The van der Waals surface area contributed by atoms with Crippen molar-refractivity contribution < 1.29 is 8.78 Å². The van der Waals surface area contributed by atoms with Gasteiger partial charge in [-0.15, -0.1) is 0 Å². The number of anilines is 2. The number of para-hydroxylation sites is 1. The summed E-state index contributed by atoms with van der Waals surface area (Å²) in [4.78, 5) is 8.71. The molecule has 0 spiro atoms. The van der Waals surface area contributed by atoms with E-state index in [4.69, 9.17) is 0 Å². The molecule has 0 aliphatic carbocycles. The first-order valence-corrected chi connectivity index (χ1v) is 8.16. The van der Waals surface area contributed by atoms with Gasteiger partial charge in [-0.3, -0.25) is 4.57 Å². The number of aryl methyl sites for hydroxylation is 1. The number of fused-ring (bicyclic) bond motifs is 1. The molecular formula is C20H16F2N4. The van der Waals surface area contributed by atoms with Crippen LogP contribution in [0.1, 0.15) is 11.3 Å². The Balaban J connectivity index is 1.91. The van der Waals surface area contributed by atoms with Gasteiger partial charge in [0.15, 0.2) is 5.65 Å². The molecule has 2 aromatic carbocycles. The van der Waals surface area contributed by atoms with Gasteiger partial charge < -0.3 is 5.32 Å². The molecule has 0 fully saturated rings. The average Bonchev–Trinajstić information content (AvgIpc) is 2.90. The summed E-state index contributed by atoms with van der Waals surface area (Å²) in [5.74, 6) is -0.121. The fourth-order valence-electron chi connectivity index (χ4n) is 3.09. The topological polar surface area (TPSA) is 42.7 Å². The van der Waals surface area contributed by atoms with Crippen molar-refractivity contribution in [3.63, 3.8) is 0 Å². The molecule has 26 heavy (non-hydrogen) atoms. The van der Waals surface area contributed by atoms with Crippen molar-refractivity contribution in [1.82, 2.24) is 14.5 Å². The minimum absolute atomic E-state index is 0.295. The lowest BCUT2D eigenvalue weighted by molar-refractivity contribution is 0.627. The van der Waals surface area contributed by atoms with Gasteiger partial charge in [-0.25, -0.2) is 18.7 Å². The molecule has 0 amide bonds. The number of rotatable bonds is 3. The largest absolute Gasteiger partial charge is 0.337 e. The summed E-state index contributed by atoms with van der Waals surface area (Å²) >= 11 is 0. The third kappa shape index (κ3) is 2.60. The summed E-state index contributed by atoms with van der Waals surface area (Å²) in [6.45, 7) is 3.93. The molecule has 0 unspecified atom stereocenters. The van der Waals surface area contributed by atoms with Crippen molar-refractivity contribution in [3.05, 3.63) is 77.8 Å². The lowest BCUT2D eigenvalue weighted by atomic mass is 10.2. The Morgan fingerprint density at radius 2 is 1.65 bits per heavy atom. The van der Waals surface area contributed by atoms with E-state index in [1.165, 1.54) is 24.5 Å². The normalized spacial score (nSPS) is 11.1. The zero-order valence-electron chi connectivity index (χ0n) is 14.3. The van der Waals surface area contributed by atoms with Gasteiger partial charge in [0.1, 0.15) is 23.8 Å². The zero-order valence-corrected chi connectivity index (χ0v) is 14.3. The summed E-state index contributed by atoms with van der Waals surface area (Å²) in [5.41, 5.74) is 3.77. The maximum Gasteiger partial charge on any atom is 0.150 e. The molecule has 4 nitrogen and oxygen atoms in total. The number of nitrogens with zero attached hydrogens (tertiary/aromatic N) is 3. The van der Waals surface area contributed by atoms with Crippen molar-refractivity contribution in [1.29, 1.82) is 0 Å². The van der Waals surface area contributed by atoms with Crippen LogP contribution in [0.25, 0.3) is 16.7 Å². The third-order valence-corrected chi connectivity index (χ3v) is 4.50. The zero-order chi connectivity index (χ0) is 18.3. The first-order valence-electron chi connectivity index (χ1n) is 8.16. The second kappa shape index (κ2) is 6.22. The maximum atomic E-state index is 14.0. The quantitative estimate of drug-likeness (QED) is 0.562. The predicted octanol–water partition coefficient (Wildman–Crippen LogP) is 5.06. The summed E-state index contributed by atoms with van der Waals surface area (Å²) in [6.07, 6.45) is 1.43. The monoisotopic (exact) mass is 350 g/mol. The van der Waals surface area contributed by atoms with Crippen LogP contribution in [0.3, 0.4) is 0 Å². The molecule has 4 rings (SSSR count). The van der Waals surface area contributed by atoms with Crippen LogP contribution in [-0.2, 0) is 0 Å². The van der Waals surface area contributed by atoms with E-state index in [-0.39, 0.29) is 11.6 Å². The maximum absolute atomic E-state index is 14.0. The Bertz CT molecular complexity index is 1100. The van der Waals surface area contributed by atoms with Crippen LogP contribution in [0.5, 0.6) is 0 Å². The van der Waals surface area contributed by atoms with Crippen molar-refractivity contribution in [2.24, 2.45) is 0 Å². The van der Waals surface area contributed by atoms with Gasteiger partial charge in [0.25, 0.3) is 0 Å². The smallest absolute Gasteiger partial charge is 0.150 e. The first kappa shape index (κ1) is 16.2. The highest BCUT2D eigenvalue weighted by atomic mass is 19.1. The molecule has 0 saturated carbocycles. The molecule has 130 valence electrons. The Morgan fingerprint density at radius 3 is 2.38 bits per heavy atom. The van der Waals surface area contributed by atoms with E-state index in [0.29, 0.717) is 17.2 Å². The SMILES string of the molecule is Cc1c(C)n(-c2ccc(F)cc2)c2ncnc(Nc3ccccc3F)c12. The molecule has 2 heterocycles. The third-order valence-electron chi connectivity index (χ3n) is 4.50. The number of nitrogens with one attached hydrogen (secondary N) is 1. The fraction of sp³-hybridized carbons (Fsp3) is 0.100. The van der Waals surface area contributed by atoms with Gasteiger partial charge in [-0.1, -0.05) is 12.1 Å². The lowest BCUT2D eigenvalue weighted by Crippen LogP contribution is -2.00. The molecule has 0 saturated heterocycles. The predicted molar refractivity (Wildman–Crippen MR) is 98.0 cm³/mol. The van der Waals surface area contributed by atoms with Crippen LogP contribution in [0.2, 0.25) is 0 Å². The molecule has 2 aromatic heterocycles. The van der Waals surface area contributed by atoms with Crippen LogP contribution in [0.15, 0.2) is 54.9 Å². The number of hydrogen-bond donors (Lipinski definition) is 1. The van der Waals surface area contributed by atoms with Gasteiger partial charge in [0.05, 0.1) is 11.1 Å². The molecular weight excluding hydrogens is 334 g/mol. The van der Waals surface area contributed by atoms with Crippen LogP contribution in [0, 0.1) is 25.5 Å². The van der Waals surface area contributed by atoms with Gasteiger partial charge in [-0.05, 0) is 55.8 Å². The van der Waals surface area contributed by atoms with Crippen molar-refractivity contribution in [2.75, 3.05) is 5.32 Å². The lowest BCUT2D eigenvalue weighted by Gasteiger charge is -2.09. The minimum atomic E-state index is -0.355. The summed E-state index contributed by atoms with van der Waals surface area (Å²) in [5, 5.41) is 3.86. The van der Waals surface area contributed by atoms with E-state index in [0.717, 1.165) is 22.3 Å². The summed E-state index contributed by atoms with van der Waals surface area (Å²) < 4.78 is 29.2. The second-order valence-electron chi connectivity index (χ2n) is 6.05. The minimum Gasteiger partial charge on any atom is -0.337 e. The average molecular weight is 350 g/mol. The van der Waals surface area contributed by atoms with E-state index < -0.39 is 0 Å². The van der Waals surface area contributed by atoms with Crippen LogP contribution < -0.4 is 5.32 Å². The molecule has 0 aliphatic heterocycles. The van der Waals surface area contributed by atoms with Gasteiger partial charge in [0.2, 0.25) is 0 Å². The van der Waals surface area contributed by atoms with E-state index >= 15 is 0 Å². The molecule has 6 heteroatoms. The summed E-state index contributed by atoms with van der Waals surface area (Å²) in [6, 6.07) is 12.7. The highest BCUT2D eigenvalue weighted by molar-refractivity contribution is 5.94. The van der Waals surface area contributed by atoms with E-state index in [1.54, 1.807) is 30.3 Å².